The Morgan fingerprint density at radius 1 is 1.23 bits per heavy atom. The summed E-state index contributed by atoms with van der Waals surface area (Å²) in [7, 11) is 1.63. The zero-order valence-electron chi connectivity index (χ0n) is 14.5. The van der Waals surface area contributed by atoms with Gasteiger partial charge in [0.1, 0.15) is 0 Å². The molecular formula is C18H22AsN3O3S. The van der Waals surface area contributed by atoms with Gasteiger partial charge in [-0.1, -0.05) is 0 Å². The van der Waals surface area contributed by atoms with Gasteiger partial charge in [0.25, 0.3) is 0 Å². The minimum atomic E-state index is -0.135. The fourth-order valence-corrected chi connectivity index (χ4v) is 4.48. The van der Waals surface area contributed by atoms with Crippen molar-refractivity contribution in [1.29, 1.82) is 0 Å². The van der Waals surface area contributed by atoms with Crippen LogP contribution >= 0.6 is 11.3 Å². The van der Waals surface area contributed by atoms with E-state index in [1.807, 2.05) is 30.3 Å². The molecule has 2 aromatic rings. The molecule has 0 bridgehead atoms. The van der Waals surface area contributed by atoms with E-state index < -0.39 is 0 Å². The summed E-state index contributed by atoms with van der Waals surface area (Å²) in [6.07, 6.45) is 1.83. The number of carbonyl (C=O) groups excluding carboxylic acids is 2. The molecule has 3 N–H and O–H groups in total. The third kappa shape index (κ3) is 4.66. The predicted octanol–water partition coefficient (Wildman–Crippen LogP) is 2.07. The van der Waals surface area contributed by atoms with E-state index in [0.29, 0.717) is 10.6 Å². The molecule has 1 atom stereocenters. The van der Waals surface area contributed by atoms with Crippen molar-refractivity contribution < 1.29 is 14.3 Å². The standard InChI is InChI=1S/C18H22AsN3O3S/c1-25-13-4-2-11(3-5-13)15-10-14(17(26-15)22-18(19)24)16(23)21-12-6-8-20-9-7-12/h2-5,10,12,20H,6-9,19H2,1H3,(H,21,23)(H,22,24). The number of piperidine rings is 1. The summed E-state index contributed by atoms with van der Waals surface area (Å²) < 4.78 is 5.06. The summed E-state index contributed by atoms with van der Waals surface area (Å²) in [5.41, 5.74) is 1.50. The maximum atomic E-state index is 12.8. The van der Waals surface area contributed by atoms with E-state index in [1.54, 1.807) is 7.11 Å². The molecule has 1 unspecified atom stereocenters. The van der Waals surface area contributed by atoms with Crippen molar-refractivity contribution in [2.45, 2.75) is 18.9 Å². The molecule has 2 heterocycles. The number of benzene rings is 1. The number of carbonyl (C=O) groups is 2. The fourth-order valence-electron chi connectivity index (χ4n) is 2.89. The van der Waals surface area contributed by atoms with Crippen molar-refractivity contribution in [3.8, 4) is 16.2 Å². The Morgan fingerprint density at radius 2 is 1.92 bits per heavy atom. The quantitative estimate of drug-likeness (QED) is 0.629. The van der Waals surface area contributed by atoms with E-state index in [9.17, 15) is 9.59 Å². The monoisotopic (exact) mass is 435 g/mol. The zero-order chi connectivity index (χ0) is 18.5. The van der Waals surface area contributed by atoms with Crippen molar-refractivity contribution in [2.75, 3.05) is 25.5 Å². The number of ether oxygens (including phenoxy) is 1. The number of nitrogens with one attached hydrogen (secondary N) is 3. The molecular weight excluding hydrogens is 413 g/mol. The van der Waals surface area contributed by atoms with Gasteiger partial charge in [0, 0.05) is 0 Å². The van der Waals surface area contributed by atoms with E-state index in [4.69, 9.17) is 4.74 Å². The van der Waals surface area contributed by atoms with Crippen LogP contribution in [-0.2, 0) is 0 Å². The number of amides is 2. The first-order valence-corrected chi connectivity index (χ1v) is 10.5. The van der Waals surface area contributed by atoms with Crippen molar-refractivity contribution in [3.05, 3.63) is 35.9 Å². The molecule has 1 saturated heterocycles. The number of hydrogen-bond acceptors (Lipinski definition) is 5. The predicted molar refractivity (Wildman–Crippen MR) is 107 cm³/mol. The Morgan fingerprint density at radius 3 is 2.54 bits per heavy atom. The summed E-state index contributed by atoms with van der Waals surface area (Å²) in [6, 6.07) is 9.67. The number of methoxy groups -OCH3 is 1. The SMILES string of the molecule is COc1ccc(-c2cc(C(=O)NC3CCNCC3)c(NC(=O)[AsH2])s2)cc1. The summed E-state index contributed by atoms with van der Waals surface area (Å²) in [4.78, 5) is 25.3. The van der Waals surface area contributed by atoms with Crippen molar-refractivity contribution in [3.63, 3.8) is 0 Å². The topological polar surface area (TPSA) is 79.5 Å². The van der Waals surface area contributed by atoms with Crippen molar-refractivity contribution in [1.82, 2.24) is 10.6 Å². The van der Waals surface area contributed by atoms with Crippen LogP contribution in [0.5, 0.6) is 5.75 Å². The number of anilines is 1. The molecule has 0 saturated carbocycles. The number of thiophene rings is 1. The van der Waals surface area contributed by atoms with Crippen LogP contribution in [-0.4, -0.2) is 53.7 Å². The van der Waals surface area contributed by atoms with Crippen LogP contribution in [0, 0.1) is 0 Å². The van der Waals surface area contributed by atoms with E-state index >= 15 is 0 Å². The molecule has 2 amide bonds. The molecule has 8 heteroatoms. The van der Waals surface area contributed by atoms with Crippen LogP contribution in [0.3, 0.4) is 0 Å². The van der Waals surface area contributed by atoms with Crippen molar-refractivity contribution in [2.24, 2.45) is 0 Å². The Kier molecular flexibility index (Phi) is 6.35. The average Bonchev–Trinajstić information content (AvgIpc) is 3.06. The Balaban J connectivity index is 1.85. The van der Waals surface area contributed by atoms with Crippen LogP contribution in [0.25, 0.3) is 10.4 Å². The van der Waals surface area contributed by atoms with E-state index in [2.05, 4.69) is 16.0 Å². The second-order valence-electron chi connectivity index (χ2n) is 6.07. The van der Waals surface area contributed by atoms with Crippen LogP contribution < -0.4 is 20.7 Å². The van der Waals surface area contributed by atoms with Gasteiger partial charge >= 0.3 is 165 Å². The van der Waals surface area contributed by atoms with Crippen LogP contribution in [0.2, 0.25) is 0 Å². The molecule has 1 aromatic heterocycles. The van der Waals surface area contributed by atoms with E-state index in [0.717, 1.165) is 59.0 Å². The Labute approximate surface area is 165 Å². The number of rotatable bonds is 5. The van der Waals surface area contributed by atoms with E-state index in [1.165, 1.54) is 11.3 Å². The van der Waals surface area contributed by atoms with Gasteiger partial charge in [0.2, 0.25) is 0 Å². The molecule has 26 heavy (non-hydrogen) atoms. The molecule has 0 spiro atoms. The zero-order valence-corrected chi connectivity index (χ0v) is 17.7. The van der Waals surface area contributed by atoms with Gasteiger partial charge < -0.3 is 0 Å². The van der Waals surface area contributed by atoms with Crippen LogP contribution in [0.1, 0.15) is 23.2 Å². The summed E-state index contributed by atoms with van der Waals surface area (Å²) in [5.74, 6) is 0.642. The van der Waals surface area contributed by atoms with Gasteiger partial charge in [0.05, 0.1) is 0 Å². The molecule has 3 rings (SSSR count). The summed E-state index contributed by atoms with van der Waals surface area (Å²) >= 11 is 2.38. The second kappa shape index (κ2) is 8.71. The normalized spacial score (nSPS) is 14.7. The number of hydrogen-bond donors (Lipinski definition) is 3. The fraction of sp³-hybridized carbons (Fsp3) is 0.333. The molecule has 1 aromatic carbocycles. The molecule has 1 aliphatic rings. The first kappa shape index (κ1) is 19.0. The summed E-state index contributed by atoms with van der Waals surface area (Å²) in [5, 5.41) is 9.79. The Bertz CT molecular complexity index is 785. The second-order valence-corrected chi connectivity index (χ2v) is 8.22. The van der Waals surface area contributed by atoms with Crippen LogP contribution in [0.15, 0.2) is 30.3 Å². The van der Waals surface area contributed by atoms with Gasteiger partial charge in [-0.15, -0.1) is 0 Å². The minimum absolute atomic E-state index is 0.128. The molecule has 1 aliphatic heterocycles. The van der Waals surface area contributed by atoms with Gasteiger partial charge in [-0.05, 0) is 0 Å². The van der Waals surface area contributed by atoms with Crippen LogP contribution in [0.4, 0.5) is 9.80 Å². The maximum absolute atomic E-state index is 12.8. The Hall–Kier alpha value is -1.82. The van der Waals surface area contributed by atoms with E-state index in [-0.39, 0.29) is 16.6 Å². The van der Waals surface area contributed by atoms with Crippen molar-refractivity contribution >= 4 is 43.8 Å². The molecule has 0 radical (unpaired) electrons. The first-order valence-electron chi connectivity index (χ1n) is 8.43. The molecule has 0 aliphatic carbocycles. The van der Waals surface area contributed by atoms with Gasteiger partial charge in [0.15, 0.2) is 0 Å². The first-order chi connectivity index (χ1) is 12.6. The molecule has 6 nitrogen and oxygen atoms in total. The average molecular weight is 435 g/mol. The molecule has 138 valence electrons. The van der Waals surface area contributed by atoms with Gasteiger partial charge in [-0.2, -0.15) is 0 Å². The van der Waals surface area contributed by atoms with Gasteiger partial charge in [-0.25, -0.2) is 0 Å². The third-order valence-corrected chi connectivity index (χ3v) is 5.66. The molecule has 1 fully saturated rings. The summed E-state index contributed by atoms with van der Waals surface area (Å²) in [6.45, 7) is 1.82. The third-order valence-electron chi connectivity index (χ3n) is 4.26. The van der Waals surface area contributed by atoms with Gasteiger partial charge in [-0.3, -0.25) is 0 Å².